The van der Waals surface area contributed by atoms with Crippen LogP contribution in [0, 0.1) is 5.92 Å². The van der Waals surface area contributed by atoms with E-state index in [2.05, 4.69) is 38.3 Å². The third-order valence-electron chi connectivity index (χ3n) is 5.57. The molecule has 4 rings (SSSR count). The number of amides is 3. The molecule has 1 saturated carbocycles. The number of imide groups is 1. The van der Waals surface area contributed by atoms with E-state index in [1.165, 1.54) is 0 Å². The molecule has 0 unspecified atom stereocenters. The van der Waals surface area contributed by atoms with Gasteiger partial charge >= 0.3 is 12.0 Å². The molecule has 10 heteroatoms. The summed E-state index contributed by atoms with van der Waals surface area (Å²) in [6.07, 6.45) is 2.90. The Morgan fingerprint density at radius 2 is 2.13 bits per heavy atom. The minimum atomic E-state index is -0.880. The fraction of sp³-hybridized carbons (Fsp3) is 0.450. The van der Waals surface area contributed by atoms with Crippen LogP contribution in [-0.4, -0.2) is 45.0 Å². The van der Waals surface area contributed by atoms with Crippen molar-refractivity contribution in [1.29, 1.82) is 0 Å². The van der Waals surface area contributed by atoms with Crippen LogP contribution in [0.15, 0.2) is 33.3 Å². The predicted molar refractivity (Wildman–Crippen MR) is 108 cm³/mol. The van der Waals surface area contributed by atoms with Gasteiger partial charge in [-0.2, -0.15) is 4.98 Å². The van der Waals surface area contributed by atoms with Crippen molar-refractivity contribution in [1.82, 2.24) is 20.4 Å². The van der Waals surface area contributed by atoms with Gasteiger partial charge in [0, 0.05) is 10.0 Å². The molecule has 1 aliphatic heterocycles. The molecule has 3 amide bonds. The zero-order valence-electron chi connectivity index (χ0n) is 16.4. The van der Waals surface area contributed by atoms with Crippen molar-refractivity contribution in [3.8, 4) is 11.4 Å². The lowest BCUT2D eigenvalue weighted by Gasteiger charge is -2.33. The third-order valence-corrected chi connectivity index (χ3v) is 6.06. The highest BCUT2D eigenvalue weighted by atomic mass is 79.9. The van der Waals surface area contributed by atoms with Crippen LogP contribution < -0.4 is 5.32 Å². The topological polar surface area (TPSA) is 115 Å². The molecule has 158 valence electrons. The Labute approximate surface area is 181 Å². The molecular formula is C20H21BrN4O5. The van der Waals surface area contributed by atoms with Gasteiger partial charge in [0.05, 0.1) is 0 Å². The number of nitrogens with zero attached hydrogens (tertiary/aromatic N) is 3. The molecule has 2 heterocycles. The number of urea groups is 1. The van der Waals surface area contributed by atoms with E-state index in [0.717, 1.165) is 27.8 Å². The first-order chi connectivity index (χ1) is 14.4. The number of carbonyl (C=O) groups excluding carboxylic acids is 3. The molecule has 9 nitrogen and oxygen atoms in total. The number of hydrogen-bond acceptors (Lipinski definition) is 7. The van der Waals surface area contributed by atoms with E-state index in [-0.39, 0.29) is 18.4 Å². The summed E-state index contributed by atoms with van der Waals surface area (Å²) in [5.74, 6) is -0.0677. The minimum Gasteiger partial charge on any atom is -0.454 e. The van der Waals surface area contributed by atoms with Crippen molar-refractivity contribution in [3.63, 3.8) is 0 Å². The molecular weight excluding hydrogens is 456 g/mol. The summed E-state index contributed by atoms with van der Waals surface area (Å²) in [6, 6.07) is 6.82. The number of benzene rings is 1. The van der Waals surface area contributed by atoms with Gasteiger partial charge in [0.1, 0.15) is 12.1 Å². The van der Waals surface area contributed by atoms with Gasteiger partial charge < -0.3 is 14.6 Å². The molecule has 1 aromatic heterocycles. The average molecular weight is 477 g/mol. The van der Waals surface area contributed by atoms with E-state index in [1.54, 1.807) is 0 Å². The smallest absolute Gasteiger partial charge is 0.326 e. The number of halogens is 1. The molecule has 1 spiro atoms. The molecule has 1 aliphatic carbocycles. The molecule has 2 aliphatic rings. The zero-order valence-corrected chi connectivity index (χ0v) is 18.0. The molecule has 1 saturated heterocycles. The summed E-state index contributed by atoms with van der Waals surface area (Å²) in [7, 11) is 0. The number of ether oxygens (including phenoxy) is 1. The molecule has 2 aromatic rings. The first-order valence-electron chi connectivity index (χ1n) is 9.74. The van der Waals surface area contributed by atoms with Gasteiger partial charge in [0.15, 0.2) is 6.61 Å². The van der Waals surface area contributed by atoms with Crippen LogP contribution in [0.1, 0.15) is 38.5 Å². The van der Waals surface area contributed by atoms with Crippen LogP contribution in [-0.2, 0) is 20.9 Å². The average Bonchev–Trinajstić information content (AvgIpc) is 3.28. The van der Waals surface area contributed by atoms with Gasteiger partial charge in [-0.15, -0.1) is 0 Å². The largest absolute Gasteiger partial charge is 0.454 e. The Morgan fingerprint density at radius 1 is 1.37 bits per heavy atom. The van der Waals surface area contributed by atoms with Crippen molar-refractivity contribution in [2.45, 2.75) is 44.8 Å². The van der Waals surface area contributed by atoms with Crippen molar-refractivity contribution in [2.24, 2.45) is 5.92 Å². The molecule has 0 radical (unpaired) electrons. The van der Waals surface area contributed by atoms with E-state index in [4.69, 9.17) is 9.26 Å². The fourth-order valence-corrected chi connectivity index (χ4v) is 4.19. The summed E-state index contributed by atoms with van der Waals surface area (Å²) in [4.78, 5) is 42.4. The Balaban J connectivity index is 1.33. The van der Waals surface area contributed by atoms with Gasteiger partial charge in [0.2, 0.25) is 5.82 Å². The number of carbonyl (C=O) groups is 3. The van der Waals surface area contributed by atoms with Crippen LogP contribution in [0.4, 0.5) is 4.79 Å². The first-order valence-corrected chi connectivity index (χ1v) is 10.5. The quantitative estimate of drug-likeness (QED) is 0.520. The lowest BCUT2D eigenvalue weighted by Crippen LogP contribution is -2.49. The summed E-state index contributed by atoms with van der Waals surface area (Å²) >= 11 is 3.38. The lowest BCUT2D eigenvalue weighted by atomic mass is 9.77. The van der Waals surface area contributed by atoms with Crippen LogP contribution >= 0.6 is 15.9 Å². The maximum absolute atomic E-state index is 12.8. The van der Waals surface area contributed by atoms with Crippen LogP contribution in [0.2, 0.25) is 0 Å². The van der Waals surface area contributed by atoms with Crippen LogP contribution in [0.25, 0.3) is 11.4 Å². The second-order valence-corrected chi connectivity index (χ2v) is 8.68. The zero-order chi connectivity index (χ0) is 21.3. The number of aromatic nitrogens is 2. The normalized spacial score (nSPS) is 23.7. The molecule has 1 N–H and O–H groups in total. The molecule has 1 aromatic carbocycles. The summed E-state index contributed by atoms with van der Waals surface area (Å²) in [5.41, 5.74) is -0.132. The summed E-state index contributed by atoms with van der Waals surface area (Å²) in [5, 5.41) is 6.65. The second kappa shape index (κ2) is 8.17. The van der Waals surface area contributed by atoms with Crippen LogP contribution in [0.3, 0.4) is 0 Å². The fourth-order valence-electron chi connectivity index (χ4n) is 3.79. The monoisotopic (exact) mass is 476 g/mol. The van der Waals surface area contributed by atoms with Gasteiger partial charge in [-0.3, -0.25) is 14.5 Å². The highest BCUT2D eigenvalue weighted by molar-refractivity contribution is 9.10. The molecule has 0 atom stereocenters. The Bertz CT molecular complexity index is 983. The Morgan fingerprint density at radius 3 is 2.87 bits per heavy atom. The van der Waals surface area contributed by atoms with Gasteiger partial charge in [-0.1, -0.05) is 40.1 Å². The molecule has 2 fully saturated rings. The number of esters is 1. The second-order valence-electron chi connectivity index (χ2n) is 7.77. The van der Waals surface area contributed by atoms with E-state index >= 15 is 0 Å². The highest BCUT2D eigenvalue weighted by Gasteiger charge is 2.52. The molecule has 30 heavy (non-hydrogen) atoms. The van der Waals surface area contributed by atoms with Crippen molar-refractivity contribution < 1.29 is 23.6 Å². The number of rotatable bonds is 5. The van der Waals surface area contributed by atoms with Gasteiger partial charge in [-0.25, -0.2) is 4.79 Å². The Kier molecular flexibility index (Phi) is 5.59. The highest BCUT2D eigenvalue weighted by Crippen LogP contribution is 2.36. The third kappa shape index (κ3) is 4.09. The van der Waals surface area contributed by atoms with E-state index in [9.17, 15) is 14.4 Å². The maximum Gasteiger partial charge on any atom is 0.326 e. The summed E-state index contributed by atoms with van der Waals surface area (Å²) in [6.45, 7) is 1.43. The van der Waals surface area contributed by atoms with Gasteiger partial charge in [0.25, 0.3) is 11.8 Å². The predicted octanol–water partition coefficient (Wildman–Crippen LogP) is 3.04. The van der Waals surface area contributed by atoms with Crippen LogP contribution in [0.5, 0.6) is 0 Å². The first kappa shape index (κ1) is 20.5. The Hall–Kier alpha value is -2.75. The van der Waals surface area contributed by atoms with Crippen molar-refractivity contribution >= 4 is 33.8 Å². The van der Waals surface area contributed by atoms with Crippen molar-refractivity contribution in [2.75, 3.05) is 6.54 Å². The number of nitrogens with one attached hydrogen (secondary N) is 1. The van der Waals surface area contributed by atoms with E-state index in [0.29, 0.717) is 24.6 Å². The minimum absolute atomic E-state index is 0.119. The molecule has 0 bridgehead atoms. The van der Waals surface area contributed by atoms with Gasteiger partial charge in [-0.05, 0) is 43.7 Å². The van der Waals surface area contributed by atoms with E-state index in [1.807, 2.05) is 24.3 Å². The maximum atomic E-state index is 12.8. The number of hydrogen-bond donors (Lipinski definition) is 1. The van der Waals surface area contributed by atoms with E-state index < -0.39 is 24.1 Å². The standard InChI is InChI=1S/C20H21BrN4O5/c1-12-5-7-20(8-6-12)18(27)25(19(28)23-20)10-16(26)29-11-15-22-17(24-30-15)13-3-2-4-14(21)9-13/h2-4,9,12H,5-8,10-11H2,1H3,(H,23,28). The lowest BCUT2D eigenvalue weighted by molar-refractivity contribution is -0.149. The van der Waals surface area contributed by atoms with Crippen molar-refractivity contribution in [3.05, 3.63) is 34.6 Å². The summed E-state index contributed by atoms with van der Waals surface area (Å²) < 4.78 is 11.1. The SMILES string of the molecule is CC1CCC2(CC1)NC(=O)N(CC(=O)OCc1nc(-c3cccc(Br)c3)no1)C2=O.